The zero-order valence-electron chi connectivity index (χ0n) is 10.9. The van der Waals surface area contributed by atoms with Crippen LogP contribution in [0.2, 0.25) is 5.15 Å². The lowest BCUT2D eigenvalue weighted by Gasteiger charge is -2.26. The number of hydrogen-bond donors (Lipinski definition) is 1. The molecule has 0 bridgehead atoms. The number of halogens is 1. The van der Waals surface area contributed by atoms with E-state index in [0.717, 1.165) is 18.8 Å². The SMILES string of the molecule is CC1CCCC(COc2cc(C(=O)O)cc(Cl)n2)C1. The molecule has 0 aliphatic heterocycles. The second kappa shape index (κ2) is 6.24. The first-order chi connectivity index (χ1) is 9.04. The van der Waals surface area contributed by atoms with E-state index in [2.05, 4.69) is 11.9 Å². The van der Waals surface area contributed by atoms with Gasteiger partial charge in [0.2, 0.25) is 5.88 Å². The van der Waals surface area contributed by atoms with Crippen molar-refractivity contribution in [2.45, 2.75) is 32.6 Å². The summed E-state index contributed by atoms with van der Waals surface area (Å²) in [5.74, 6) is 0.533. The molecule has 0 spiro atoms. The quantitative estimate of drug-likeness (QED) is 0.857. The lowest BCUT2D eigenvalue weighted by molar-refractivity contribution is 0.0696. The Morgan fingerprint density at radius 3 is 3.00 bits per heavy atom. The third-order valence-corrected chi connectivity index (χ3v) is 3.72. The first kappa shape index (κ1) is 14.1. The van der Waals surface area contributed by atoms with E-state index in [1.807, 2.05) is 0 Å². The fourth-order valence-electron chi connectivity index (χ4n) is 2.58. The highest BCUT2D eigenvalue weighted by Gasteiger charge is 2.19. The molecule has 0 aromatic carbocycles. The molecule has 5 heteroatoms. The van der Waals surface area contributed by atoms with Gasteiger partial charge in [0.25, 0.3) is 0 Å². The zero-order chi connectivity index (χ0) is 13.8. The standard InChI is InChI=1S/C14H18ClNO3/c1-9-3-2-4-10(5-9)8-19-13-7-11(14(17)18)6-12(15)16-13/h6-7,9-10H,2-5,8H2,1H3,(H,17,18). The highest BCUT2D eigenvalue weighted by Crippen LogP contribution is 2.29. The van der Waals surface area contributed by atoms with Crippen molar-refractivity contribution in [2.24, 2.45) is 11.8 Å². The summed E-state index contributed by atoms with van der Waals surface area (Å²) in [6.45, 7) is 2.84. The molecule has 0 radical (unpaired) electrons. The molecule has 1 aliphatic carbocycles. The van der Waals surface area contributed by atoms with Crippen LogP contribution in [0.4, 0.5) is 0 Å². The van der Waals surface area contributed by atoms with Gasteiger partial charge in [0.1, 0.15) is 5.15 Å². The molecule has 2 unspecified atom stereocenters. The molecule has 2 rings (SSSR count). The number of aromatic carboxylic acids is 1. The van der Waals surface area contributed by atoms with Crippen molar-refractivity contribution in [1.29, 1.82) is 0 Å². The van der Waals surface area contributed by atoms with Gasteiger partial charge in [0.15, 0.2) is 0 Å². The summed E-state index contributed by atoms with van der Waals surface area (Å²) >= 11 is 5.78. The van der Waals surface area contributed by atoms with Crippen LogP contribution in [0, 0.1) is 11.8 Å². The molecule has 19 heavy (non-hydrogen) atoms. The average Bonchev–Trinajstić information content (AvgIpc) is 2.36. The van der Waals surface area contributed by atoms with Crippen molar-refractivity contribution in [3.05, 3.63) is 22.8 Å². The van der Waals surface area contributed by atoms with Crippen LogP contribution in [-0.4, -0.2) is 22.7 Å². The molecule has 1 heterocycles. The van der Waals surface area contributed by atoms with Gasteiger partial charge in [-0.2, -0.15) is 0 Å². The number of rotatable bonds is 4. The molecule has 1 aromatic rings. The summed E-state index contributed by atoms with van der Waals surface area (Å²) in [5, 5.41) is 9.09. The van der Waals surface area contributed by atoms with Crippen molar-refractivity contribution < 1.29 is 14.6 Å². The van der Waals surface area contributed by atoms with Gasteiger partial charge in [-0.1, -0.05) is 31.4 Å². The van der Waals surface area contributed by atoms with Gasteiger partial charge in [-0.15, -0.1) is 0 Å². The van der Waals surface area contributed by atoms with Crippen LogP contribution in [0.5, 0.6) is 5.88 Å². The van der Waals surface area contributed by atoms with Gasteiger partial charge in [-0.25, -0.2) is 9.78 Å². The lowest BCUT2D eigenvalue weighted by atomic mass is 9.83. The summed E-state index contributed by atoms with van der Waals surface area (Å²) in [6.07, 6.45) is 4.84. The van der Waals surface area contributed by atoms with E-state index in [1.165, 1.54) is 25.0 Å². The number of carboxylic acid groups (broad SMARTS) is 1. The normalized spacial score (nSPS) is 23.1. The molecule has 2 atom stereocenters. The average molecular weight is 284 g/mol. The Bertz CT molecular complexity index is 464. The second-order valence-electron chi connectivity index (χ2n) is 5.27. The largest absolute Gasteiger partial charge is 0.478 e. The Labute approximate surface area is 117 Å². The highest BCUT2D eigenvalue weighted by molar-refractivity contribution is 6.29. The summed E-state index contributed by atoms with van der Waals surface area (Å²) in [4.78, 5) is 14.9. The Balaban J connectivity index is 1.97. The van der Waals surface area contributed by atoms with E-state index in [1.54, 1.807) is 0 Å². The third kappa shape index (κ3) is 4.10. The number of hydrogen-bond acceptors (Lipinski definition) is 3. The van der Waals surface area contributed by atoms with Crippen LogP contribution in [0.1, 0.15) is 43.0 Å². The van der Waals surface area contributed by atoms with Crippen LogP contribution < -0.4 is 4.74 Å². The molecule has 1 aromatic heterocycles. The van der Waals surface area contributed by atoms with Gasteiger partial charge in [0, 0.05) is 6.07 Å². The number of ether oxygens (including phenoxy) is 1. The fourth-order valence-corrected chi connectivity index (χ4v) is 2.79. The first-order valence-electron chi connectivity index (χ1n) is 6.58. The first-order valence-corrected chi connectivity index (χ1v) is 6.96. The van der Waals surface area contributed by atoms with Gasteiger partial charge < -0.3 is 9.84 Å². The van der Waals surface area contributed by atoms with Crippen molar-refractivity contribution in [2.75, 3.05) is 6.61 Å². The van der Waals surface area contributed by atoms with Crippen molar-refractivity contribution in [3.63, 3.8) is 0 Å². The van der Waals surface area contributed by atoms with E-state index in [0.29, 0.717) is 18.4 Å². The summed E-state index contributed by atoms with van der Waals surface area (Å²) in [5.41, 5.74) is 0.104. The van der Waals surface area contributed by atoms with Crippen LogP contribution in [0.3, 0.4) is 0 Å². The Hall–Kier alpha value is -1.29. The van der Waals surface area contributed by atoms with Gasteiger partial charge >= 0.3 is 5.97 Å². The van der Waals surface area contributed by atoms with Crippen LogP contribution in [-0.2, 0) is 0 Å². The van der Waals surface area contributed by atoms with Crippen molar-refractivity contribution >= 4 is 17.6 Å². The molecule has 104 valence electrons. The summed E-state index contributed by atoms with van der Waals surface area (Å²) in [7, 11) is 0. The van der Waals surface area contributed by atoms with Crippen molar-refractivity contribution in [1.82, 2.24) is 4.98 Å². The predicted octanol–water partition coefficient (Wildman–Crippen LogP) is 3.64. The monoisotopic (exact) mass is 283 g/mol. The van der Waals surface area contributed by atoms with E-state index in [4.69, 9.17) is 21.4 Å². The van der Waals surface area contributed by atoms with Crippen molar-refractivity contribution in [3.8, 4) is 5.88 Å². The van der Waals surface area contributed by atoms with E-state index >= 15 is 0 Å². The second-order valence-corrected chi connectivity index (χ2v) is 5.66. The lowest BCUT2D eigenvalue weighted by Crippen LogP contribution is -2.20. The Kier molecular flexibility index (Phi) is 4.64. The number of aromatic nitrogens is 1. The highest BCUT2D eigenvalue weighted by atomic mass is 35.5. The molecule has 0 saturated heterocycles. The number of pyridine rings is 1. The minimum absolute atomic E-state index is 0.104. The van der Waals surface area contributed by atoms with Crippen LogP contribution in [0.25, 0.3) is 0 Å². The number of carbonyl (C=O) groups is 1. The maximum absolute atomic E-state index is 10.9. The molecule has 1 aliphatic rings. The van der Waals surface area contributed by atoms with E-state index < -0.39 is 5.97 Å². The van der Waals surface area contributed by atoms with E-state index in [9.17, 15) is 4.79 Å². The Morgan fingerprint density at radius 2 is 2.32 bits per heavy atom. The maximum Gasteiger partial charge on any atom is 0.335 e. The summed E-state index contributed by atoms with van der Waals surface area (Å²) < 4.78 is 5.61. The molecular formula is C14H18ClNO3. The smallest absolute Gasteiger partial charge is 0.335 e. The molecule has 1 saturated carbocycles. The Morgan fingerprint density at radius 1 is 1.53 bits per heavy atom. The molecule has 4 nitrogen and oxygen atoms in total. The topological polar surface area (TPSA) is 59.4 Å². The fraction of sp³-hybridized carbons (Fsp3) is 0.571. The molecular weight excluding hydrogens is 266 g/mol. The van der Waals surface area contributed by atoms with Crippen LogP contribution in [0.15, 0.2) is 12.1 Å². The zero-order valence-corrected chi connectivity index (χ0v) is 11.7. The minimum atomic E-state index is -1.03. The van der Waals surface area contributed by atoms with Gasteiger partial charge in [-0.3, -0.25) is 0 Å². The molecule has 0 amide bonds. The van der Waals surface area contributed by atoms with Crippen LogP contribution >= 0.6 is 11.6 Å². The van der Waals surface area contributed by atoms with Gasteiger partial charge in [0.05, 0.1) is 12.2 Å². The number of nitrogens with zero attached hydrogens (tertiary/aromatic N) is 1. The number of carboxylic acids is 1. The predicted molar refractivity (Wildman–Crippen MR) is 72.8 cm³/mol. The molecule has 1 N–H and O–H groups in total. The summed E-state index contributed by atoms with van der Waals surface area (Å²) in [6, 6.07) is 2.74. The molecule has 1 fully saturated rings. The third-order valence-electron chi connectivity index (χ3n) is 3.53. The van der Waals surface area contributed by atoms with E-state index in [-0.39, 0.29) is 10.7 Å². The van der Waals surface area contributed by atoms with Gasteiger partial charge in [-0.05, 0) is 30.7 Å². The minimum Gasteiger partial charge on any atom is -0.478 e. The maximum atomic E-state index is 10.9.